The molecule has 2 heterocycles. The summed E-state index contributed by atoms with van der Waals surface area (Å²) >= 11 is 0. The van der Waals surface area contributed by atoms with Gasteiger partial charge in [-0.3, -0.25) is 4.90 Å². The normalized spacial score (nSPS) is 22.1. The van der Waals surface area contributed by atoms with Crippen LogP contribution in [0.25, 0.3) is 0 Å². The number of carbonyl (C=O) groups is 1. The highest BCUT2D eigenvalue weighted by Crippen LogP contribution is 2.45. The predicted molar refractivity (Wildman–Crippen MR) is 117 cm³/mol. The number of nitrogens with zero attached hydrogens (tertiary/aromatic N) is 1. The molecule has 1 N–H and O–H groups in total. The number of fused-ring (bicyclic) bond motifs is 1. The third-order valence-electron chi connectivity index (χ3n) is 5.92. The van der Waals surface area contributed by atoms with Crippen LogP contribution < -0.4 is 14.2 Å². The molecular weight excluding hydrogens is 414 g/mol. The Morgan fingerprint density at radius 2 is 1.84 bits per heavy atom. The van der Waals surface area contributed by atoms with Crippen molar-refractivity contribution in [2.45, 2.75) is 31.4 Å². The van der Waals surface area contributed by atoms with Gasteiger partial charge >= 0.3 is 6.16 Å². The van der Waals surface area contributed by atoms with Crippen molar-refractivity contribution in [1.29, 1.82) is 0 Å². The molecule has 8 heteroatoms. The molecule has 2 aromatic carbocycles. The topological polar surface area (TPSA) is 86.7 Å². The minimum Gasteiger partial charge on any atom is -0.497 e. The third-order valence-corrected chi connectivity index (χ3v) is 5.92. The number of methoxy groups -OCH3 is 1. The fourth-order valence-electron chi connectivity index (χ4n) is 4.46. The summed E-state index contributed by atoms with van der Waals surface area (Å²) in [5, 5.41) is 9.54. The van der Waals surface area contributed by atoms with Gasteiger partial charge in [-0.25, -0.2) is 4.79 Å². The molecule has 1 saturated heterocycles. The van der Waals surface area contributed by atoms with Gasteiger partial charge in [-0.15, -0.1) is 0 Å². The number of hydrogen-bond acceptors (Lipinski definition) is 7. The molecule has 8 nitrogen and oxygen atoms in total. The van der Waals surface area contributed by atoms with Crippen molar-refractivity contribution in [3.05, 3.63) is 53.6 Å². The summed E-state index contributed by atoms with van der Waals surface area (Å²) in [6, 6.07) is 13.2. The molecule has 0 aliphatic carbocycles. The Hall–Kier alpha value is -2.97. The van der Waals surface area contributed by atoms with E-state index < -0.39 is 12.3 Å². The van der Waals surface area contributed by atoms with E-state index in [0.717, 1.165) is 23.3 Å². The lowest BCUT2D eigenvalue weighted by Gasteiger charge is -2.28. The second kappa shape index (κ2) is 10.1. The largest absolute Gasteiger partial charge is 0.506 e. The highest BCUT2D eigenvalue weighted by Gasteiger charge is 2.46. The molecular formula is C24H29NO7. The molecule has 0 spiro atoms. The van der Waals surface area contributed by atoms with Gasteiger partial charge in [0.15, 0.2) is 11.5 Å². The molecule has 3 atom stereocenters. The fraction of sp³-hybridized carbons (Fsp3) is 0.458. The molecule has 0 amide bonds. The van der Waals surface area contributed by atoms with E-state index in [0.29, 0.717) is 37.8 Å². The maximum atomic E-state index is 11.7. The number of likely N-dealkylation sites (tertiary alicyclic amines) is 1. The number of benzene rings is 2. The number of hydrogen-bond donors (Lipinski definition) is 1. The molecule has 172 valence electrons. The van der Waals surface area contributed by atoms with Crippen LogP contribution in [0.1, 0.15) is 36.4 Å². The maximum Gasteiger partial charge on any atom is 0.506 e. The van der Waals surface area contributed by atoms with E-state index in [1.807, 2.05) is 42.5 Å². The zero-order valence-corrected chi connectivity index (χ0v) is 18.4. The van der Waals surface area contributed by atoms with Crippen LogP contribution in [-0.4, -0.2) is 62.5 Å². The van der Waals surface area contributed by atoms with Crippen molar-refractivity contribution < 1.29 is 33.6 Å². The van der Waals surface area contributed by atoms with E-state index >= 15 is 0 Å². The summed E-state index contributed by atoms with van der Waals surface area (Å²) in [6.07, 6.45) is -0.928. The zero-order valence-electron chi connectivity index (χ0n) is 18.4. The van der Waals surface area contributed by atoms with Gasteiger partial charge in [0.2, 0.25) is 6.79 Å². The number of rotatable bonds is 9. The minimum atomic E-state index is -1.29. The van der Waals surface area contributed by atoms with E-state index in [9.17, 15) is 9.90 Å². The zero-order chi connectivity index (χ0) is 22.5. The van der Waals surface area contributed by atoms with Crippen LogP contribution in [0, 0.1) is 0 Å². The highest BCUT2D eigenvalue weighted by molar-refractivity contribution is 5.58. The van der Waals surface area contributed by atoms with E-state index in [1.165, 1.54) is 0 Å². The molecule has 0 aromatic heterocycles. The molecule has 0 bridgehead atoms. The van der Waals surface area contributed by atoms with E-state index in [4.69, 9.17) is 23.7 Å². The van der Waals surface area contributed by atoms with Crippen molar-refractivity contribution >= 4 is 6.16 Å². The Morgan fingerprint density at radius 3 is 2.56 bits per heavy atom. The van der Waals surface area contributed by atoms with Gasteiger partial charge in [0.25, 0.3) is 0 Å². The minimum absolute atomic E-state index is 0.168. The first-order valence-corrected chi connectivity index (χ1v) is 10.9. The smallest absolute Gasteiger partial charge is 0.497 e. The van der Waals surface area contributed by atoms with Crippen LogP contribution in [-0.2, 0) is 9.47 Å². The van der Waals surface area contributed by atoms with Gasteiger partial charge < -0.3 is 28.8 Å². The fourth-order valence-corrected chi connectivity index (χ4v) is 4.46. The molecule has 0 radical (unpaired) electrons. The van der Waals surface area contributed by atoms with E-state index in [1.54, 1.807) is 7.11 Å². The molecule has 32 heavy (non-hydrogen) atoms. The lowest BCUT2D eigenvalue weighted by Crippen LogP contribution is -2.32. The molecule has 1 fully saturated rings. The van der Waals surface area contributed by atoms with Crippen molar-refractivity contribution in [2.24, 2.45) is 0 Å². The summed E-state index contributed by atoms with van der Waals surface area (Å²) < 4.78 is 27.5. The Bertz CT molecular complexity index is 917. The summed E-state index contributed by atoms with van der Waals surface area (Å²) in [7, 11) is 1.62. The first kappa shape index (κ1) is 22.2. The predicted octanol–water partition coefficient (Wildman–Crippen LogP) is 4.05. The Balaban J connectivity index is 1.66. The van der Waals surface area contributed by atoms with Gasteiger partial charge in [0.05, 0.1) is 19.8 Å². The first-order valence-electron chi connectivity index (χ1n) is 10.9. The van der Waals surface area contributed by atoms with Crippen molar-refractivity contribution in [2.75, 3.05) is 40.2 Å². The molecule has 0 saturated carbocycles. The average molecular weight is 443 g/mol. The summed E-state index contributed by atoms with van der Waals surface area (Å²) in [5.41, 5.74) is 1.92. The van der Waals surface area contributed by atoms with Gasteiger partial charge in [0, 0.05) is 25.6 Å². The van der Waals surface area contributed by atoms with Gasteiger partial charge in [-0.1, -0.05) is 25.1 Å². The van der Waals surface area contributed by atoms with Crippen LogP contribution >= 0.6 is 0 Å². The van der Waals surface area contributed by atoms with Crippen LogP contribution in [0.15, 0.2) is 42.5 Å². The third kappa shape index (κ3) is 4.76. The summed E-state index contributed by atoms with van der Waals surface area (Å²) in [5.74, 6) is 1.94. The molecule has 0 unspecified atom stereocenters. The van der Waals surface area contributed by atoms with E-state index in [2.05, 4.69) is 11.8 Å². The summed E-state index contributed by atoms with van der Waals surface area (Å²) in [6.45, 7) is 4.81. The average Bonchev–Trinajstić information content (AvgIpc) is 3.40. The quantitative estimate of drug-likeness (QED) is 0.459. The maximum absolute atomic E-state index is 11.7. The lowest BCUT2D eigenvalue weighted by molar-refractivity contribution is 0.0240. The molecule has 2 aliphatic heterocycles. The van der Waals surface area contributed by atoms with Crippen LogP contribution in [0.2, 0.25) is 0 Å². The second-order valence-corrected chi connectivity index (χ2v) is 7.89. The van der Waals surface area contributed by atoms with Gasteiger partial charge in [0.1, 0.15) is 11.9 Å². The summed E-state index contributed by atoms with van der Waals surface area (Å²) in [4.78, 5) is 13.9. The Labute approximate surface area is 187 Å². The van der Waals surface area contributed by atoms with Crippen molar-refractivity contribution in [3.8, 4) is 17.2 Å². The standard InChI is InChI=1S/C24H29NO7/c1-3-11-29-12-10-25-14-19(17-6-9-20-21(13-17)31-15-30-20)23(32-24(26)27)22(25)16-4-7-18(28-2)8-5-16/h4-9,13,19,22-23H,3,10-12,14-15H2,1-2H3,(H,26,27)/t19-,22-,23+/m1/s1. The Morgan fingerprint density at radius 1 is 1.09 bits per heavy atom. The SMILES string of the molecule is CCCOCCN1C[C@H](c2ccc3c(c2)OCO3)[C@H](OC(=O)O)[C@H]1c1ccc(OC)cc1. The van der Waals surface area contributed by atoms with Crippen LogP contribution in [0.5, 0.6) is 17.2 Å². The first-order chi connectivity index (χ1) is 15.6. The number of carboxylic acid groups (broad SMARTS) is 1. The van der Waals surface area contributed by atoms with Gasteiger partial charge in [-0.2, -0.15) is 0 Å². The van der Waals surface area contributed by atoms with E-state index in [-0.39, 0.29) is 18.8 Å². The highest BCUT2D eigenvalue weighted by atomic mass is 16.7. The van der Waals surface area contributed by atoms with Crippen LogP contribution in [0.3, 0.4) is 0 Å². The molecule has 4 rings (SSSR count). The molecule has 2 aliphatic rings. The lowest BCUT2D eigenvalue weighted by atomic mass is 9.90. The van der Waals surface area contributed by atoms with Gasteiger partial charge in [-0.05, 0) is 41.8 Å². The Kier molecular flexibility index (Phi) is 7.02. The number of ether oxygens (including phenoxy) is 5. The van der Waals surface area contributed by atoms with Crippen molar-refractivity contribution in [3.63, 3.8) is 0 Å². The van der Waals surface area contributed by atoms with Crippen molar-refractivity contribution in [1.82, 2.24) is 4.90 Å². The second-order valence-electron chi connectivity index (χ2n) is 7.89. The van der Waals surface area contributed by atoms with Crippen LogP contribution in [0.4, 0.5) is 4.79 Å². The molecule has 2 aromatic rings. The monoisotopic (exact) mass is 443 g/mol.